The first-order chi connectivity index (χ1) is 12.4. The van der Waals surface area contributed by atoms with Crippen LogP contribution in [0.5, 0.6) is 0 Å². The summed E-state index contributed by atoms with van der Waals surface area (Å²) < 4.78 is 40.2. The number of hydrogen-bond acceptors (Lipinski definition) is 5. The van der Waals surface area contributed by atoms with Crippen molar-refractivity contribution in [1.29, 1.82) is 0 Å². The van der Waals surface area contributed by atoms with Gasteiger partial charge >= 0.3 is 6.18 Å². The van der Waals surface area contributed by atoms with E-state index in [1.807, 2.05) is 0 Å². The fourth-order valence-electron chi connectivity index (χ4n) is 2.23. The van der Waals surface area contributed by atoms with Crippen molar-refractivity contribution in [2.24, 2.45) is 0 Å². The fourth-order valence-corrected chi connectivity index (χ4v) is 3.14. The number of halogens is 3. The lowest BCUT2D eigenvalue weighted by molar-refractivity contribution is -0.266. The topological polar surface area (TPSA) is 82.5 Å². The lowest BCUT2D eigenvalue weighted by Crippen LogP contribution is -2.45. The van der Waals surface area contributed by atoms with Gasteiger partial charge in [-0.1, -0.05) is 0 Å². The monoisotopic (exact) mass is 401 g/mol. The number of rotatable bonds is 5. The Morgan fingerprint density at radius 2 is 1.85 bits per heavy atom. The zero-order valence-corrected chi connectivity index (χ0v) is 15.6. The summed E-state index contributed by atoms with van der Waals surface area (Å²) in [6.07, 6.45) is -6.29. The van der Waals surface area contributed by atoms with Gasteiger partial charge in [-0.2, -0.15) is 13.2 Å². The van der Waals surface area contributed by atoms with E-state index in [1.54, 1.807) is 7.05 Å². The van der Waals surface area contributed by atoms with Crippen LogP contribution in [0.25, 0.3) is 0 Å². The highest BCUT2D eigenvalue weighted by Crippen LogP contribution is 2.43. The zero-order chi connectivity index (χ0) is 20.4. The molecule has 0 fully saturated rings. The van der Waals surface area contributed by atoms with Crippen LogP contribution in [0.1, 0.15) is 24.0 Å². The van der Waals surface area contributed by atoms with E-state index in [0.717, 1.165) is 0 Å². The van der Waals surface area contributed by atoms with Gasteiger partial charge in [-0.3, -0.25) is 9.59 Å². The van der Waals surface area contributed by atoms with E-state index in [0.29, 0.717) is 22.7 Å². The van der Waals surface area contributed by atoms with Gasteiger partial charge in [0.15, 0.2) is 0 Å². The Morgan fingerprint density at radius 3 is 2.30 bits per heavy atom. The Hall–Kier alpha value is -2.46. The Morgan fingerprint density at radius 1 is 1.26 bits per heavy atom. The molecule has 1 atom stereocenters. The minimum absolute atomic E-state index is 0.194. The summed E-state index contributed by atoms with van der Waals surface area (Å²) in [5, 5.41) is 13.3. The first-order valence-electron chi connectivity index (χ1n) is 7.80. The average molecular weight is 401 g/mol. The molecule has 0 bridgehead atoms. The predicted octanol–water partition coefficient (Wildman–Crippen LogP) is 3.21. The van der Waals surface area contributed by atoms with Gasteiger partial charge in [0.2, 0.25) is 17.4 Å². The van der Waals surface area contributed by atoms with Crippen molar-refractivity contribution in [3.05, 3.63) is 40.3 Å². The molecular weight excluding hydrogens is 383 g/mol. The van der Waals surface area contributed by atoms with Crippen molar-refractivity contribution in [2.45, 2.75) is 32.0 Å². The first-order valence-corrected chi connectivity index (χ1v) is 8.68. The number of aryl methyl sites for hydroxylation is 1. The van der Waals surface area contributed by atoms with Gasteiger partial charge in [-0.25, -0.2) is 4.98 Å². The number of thiazole rings is 1. The maximum atomic E-state index is 13.4. The van der Waals surface area contributed by atoms with Gasteiger partial charge in [-0.05, 0) is 31.2 Å². The quantitative estimate of drug-likeness (QED) is 0.806. The fraction of sp³-hybridized carbons (Fsp3) is 0.353. The molecule has 2 rings (SSSR count). The molecule has 6 nitrogen and oxygen atoms in total. The van der Waals surface area contributed by atoms with E-state index in [2.05, 4.69) is 10.3 Å². The summed E-state index contributed by atoms with van der Waals surface area (Å²) in [6, 6.07) is 5.98. The van der Waals surface area contributed by atoms with E-state index in [9.17, 15) is 27.9 Å². The number of aliphatic hydroxyl groups is 1. The summed E-state index contributed by atoms with van der Waals surface area (Å²) >= 11 is 0.641. The van der Waals surface area contributed by atoms with Crippen molar-refractivity contribution in [1.82, 2.24) is 4.98 Å². The minimum atomic E-state index is -5.07. The van der Waals surface area contributed by atoms with E-state index in [4.69, 9.17) is 0 Å². The van der Waals surface area contributed by atoms with Gasteiger partial charge in [-0.15, -0.1) is 11.3 Å². The molecule has 0 radical (unpaired) electrons. The summed E-state index contributed by atoms with van der Waals surface area (Å²) in [5.41, 5.74) is -2.25. The molecule has 10 heteroatoms. The number of benzene rings is 1. The molecule has 2 aromatic rings. The molecule has 1 aromatic heterocycles. The molecule has 1 heterocycles. The largest absolute Gasteiger partial charge is 0.424 e. The highest BCUT2D eigenvalue weighted by atomic mass is 32.1. The van der Waals surface area contributed by atoms with Crippen molar-refractivity contribution in [3.8, 4) is 0 Å². The van der Waals surface area contributed by atoms with Gasteiger partial charge in [0.25, 0.3) is 0 Å². The molecule has 1 aromatic carbocycles. The molecule has 0 aliphatic carbocycles. The number of carbonyl (C=O) groups is 2. The molecular formula is C17H18F3N3O3S. The van der Waals surface area contributed by atoms with Gasteiger partial charge in [0.05, 0.1) is 6.42 Å². The van der Waals surface area contributed by atoms with Crippen molar-refractivity contribution in [2.75, 3.05) is 17.3 Å². The Kier molecular flexibility index (Phi) is 5.91. The average Bonchev–Trinajstić information content (AvgIpc) is 3.00. The number of hydrogen-bond donors (Lipinski definition) is 2. The lowest BCUT2D eigenvalue weighted by atomic mass is 9.99. The molecule has 27 heavy (non-hydrogen) atoms. The maximum Gasteiger partial charge on any atom is 0.424 e. The summed E-state index contributed by atoms with van der Waals surface area (Å²) in [7, 11) is 1.56. The predicted molar refractivity (Wildman–Crippen MR) is 95.6 cm³/mol. The number of aromatic nitrogens is 1. The highest BCUT2D eigenvalue weighted by Gasteiger charge is 2.58. The van der Waals surface area contributed by atoms with Crippen LogP contribution in [0.3, 0.4) is 0 Å². The maximum absolute atomic E-state index is 13.4. The van der Waals surface area contributed by atoms with E-state index < -0.39 is 29.1 Å². The van der Waals surface area contributed by atoms with Crippen LogP contribution in [-0.2, 0) is 15.2 Å². The SMILES string of the molecule is CC(=O)N(C)c1ccc(NC(=O)CC(O)(c2nc(C)cs2)C(F)(F)F)cc1. The number of amides is 2. The Bertz CT molecular complexity index is 836. The standard InChI is InChI=1S/C17H18F3N3O3S/c1-10-9-27-15(21-10)16(26,17(18,19)20)8-14(25)22-12-4-6-13(7-5-12)23(3)11(2)24/h4-7,9,26H,8H2,1-3H3,(H,22,25). The normalized spacial score (nSPS) is 13.7. The molecule has 2 amide bonds. The lowest BCUT2D eigenvalue weighted by Gasteiger charge is -2.27. The van der Waals surface area contributed by atoms with Crippen molar-refractivity contribution in [3.63, 3.8) is 0 Å². The molecule has 0 saturated carbocycles. The smallest absolute Gasteiger partial charge is 0.374 e. The molecule has 0 saturated heterocycles. The third-order valence-electron chi connectivity index (χ3n) is 3.87. The minimum Gasteiger partial charge on any atom is -0.374 e. The van der Waals surface area contributed by atoms with Crippen LogP contribution in [0.15, 0.2) is 29.6 Å². The number of anilines is 2. The van der Waals surface area contributed by atoms with Gasteiger partial charge < -0.3 is 15.3 Å². The molecule has 0 spiro atoms. The molecule has 146 valence electrons. The van der Waals surface area contributed by atoms with Gasteiger partial charge in [0, 0.05) is 36.4 Å². The van der Waals surface area contributed by atoms with Crippen LogP contribution >= 0.6 is 11.3 Å². The van der Waals surface area contributed by atoms with Crippen LogP contribution in [-0.4, -0.2) is 35.1 Å². The van der Waals surface area contributed by atoms with E-state index in [1.165, 1.54) is 48.4 Å². The second-order valence-electron chi connectivity index (χ2n) is 6.00. The first kappa shape index (κ1) is 20.8. The molecule has 2 N–H and O–H groups in total. The number of nitrogens with one attached hydrogen (secondary N) is 1. The van der Waals surface area contributed by atoms with E-state index in [-0.39, 0.29) is 11.6 Å². The third-order valence-corrected chi connectivity index (χ3v) is 4.98. The van der Waals surface area contributed by atoms with Crippen LogP contribution in [0, 0.1) is 6.92 Å². The Labute approximate surface area is 157 Å². The van der Waals surface area contributed by atoms with Crippen molar-refractivity contribution < 1.29 is 27.9 Å². The van der Waals surface area contributed by atoms with Gasteiger partial charge in [0.1, 0.15) is 5.01 Å². The third kappa shape index (κ3) is 4.64. The molecule has 0 aliphatic rings. The highest BCUT2D eigenvalue weighted by molar-refractivity contribution is 7.09. The van der Waals surface area contributed by atoms with E-state index >= 15 is 0 Å². The summed E-state index contributed by atoms with van der Waals surface area (Å²) in [5.74, 6) is -1.21. The van der Waals surface area contributed by atoms with Crippen LogP contribution < -0.4 is 10.2 Å². The van der Waals surface area contributed by atoms with Crippen LogP contribution in [0.4, 0.5) is 24.5 Å². The van der Waals surface area contributed by atoms with Crippen molar-refractivity contribution >= 4 is 34.5 Å². The number of nitrogens with zero attached hydrogens (tertiary/aromatic N) is 2. The van der Waals surface area contributed by atoms with Crippen LogP contribution in [0.2, 0.25) is 0 Å². The zero-order valence-electron chi connectivity index (χ0n) is 14.8. The number of carbonyl (C=O) groups excluding carboxylic acids is 2. The Balaban J connectivity index is 2.16. The molecule has 0 aliphatic heterocycles. The second-order valence-corrected chi connectivity index (χ2v) is 6.86. The number of alkyl halides is 3. The molecule has 1 unspecified atom stereocenters. The second kappa shape index (κ2) is 7.65. The summed E-state index contributed by atoms with van der Waals surface area (Å²) in [6.45, 7) is 2.88. The summed E-state index contributed by atoms with van der Waals surface area (Å²) in [4.78, 5) is 28.5.